The number of hydrogen-bond donors (Lipinski definition) is 1. The van der Waals surface area contributed by atoms with E-state index in [9.17, 15) is 14.9 Å². The van der Waals surface area contributed by atoms with Crippen LogP contribution in [0.3, 0.4) is 0 Å². The van der Waals surface area contributed by atoms with Crippen molar-refractivity contribution < 1.29 is 14.5 Å². The van der Waals surface area contributed by atoms with Crippen molar-refractivity contribution >= 4 is 29.4 Å². The van der Waals surface area contributed by atoms with E-state index >= 15 is 0 Å². The molecule has 0 aliphatic heterocycles. The van der Waals surface area contributed by atoms with E-state index in [1.54, 1.807) is 37.3 Å². The molecule has 0 aromatic heterocycles. The van der Waals surface area contributed by atoms with E-state index in [0.717, 1.165) is 5.56 Å². The van der Waals surface area contributed by atoms with Crippen LogP contribution in [0.15, 0.2) is 47.6 Å². The third-order valence-corrected chi connectivity index (χ3v) is 3.56. The molecule has 0 aliphatic rings. The van der Waals surface area contributed by atoms with Crippen LogP contribution in [0, 0.1) is 17.0 Å². The number of amides is 1. The van der Waals surface area contributed by atoms with Crippen molar-refractivity contribution in [1.29, 1.82) is 0 Å². The van der Waals surface area contributed by atoms with Gasteiger partial charge in [0.25, 0.3) is 11.6 Å². The highest BCUT2D eigenvalue weighted by molar-refractivity contribution is 6.30. The normalized spacial score (nSPS) is 12.0. The van der Waals surface area contributed by atoms with Crippen molar-refractivity contribution in [3.8, 4) is 5.75 Å². The molecular formula is C17H16ClN3O4. The molecule has 0 radical (unpaired) electrons. The molecule has 7 nitrogen and oxygen atoms in total. The minimum absolute atomic E-state index is 0.0958. The highest BCUT2D eigenvalue weighted by atomic mass is 35.5. The quantitative estimate of drug-likeness (QED) is 0.484. The topological polar surface area (TPSA) is 93.8 Å². The molecule has 0 fully saturated rings. The van der Waals surface area contributed by atoms with Crippen molar-refractivity contribution in [3.05, 3.63) is 68.7 Å². The molecule has 1 amide bonds. The third-order valence-electron chi connectivity index (χ3n) is 3.32. The average Bonchev–Trinajstić information content (AvgIpc) is 2.57. The maximum Gasteiger partial charge on any atom is 0.280 e. The van der Waals surface area contributed by atoms with E-state index in [2.05, 4.69) is 10.5 Å². The van der Waals surface area contributed by atoms with Gasteiger partial charge in [-0.3, -0.25) is 14.9 Å². The van der Waals surface area contributed by atoms with Crippen molar-refractivity contribution in [2.75, 3.05) is 0 Å². The number of para-hydroxylation sites is 1. The van der Waals surface area contributed by atoms with Crippen LogP contribution in [-0.2, 0) is 4.79 Å². The number of carbonyl (C=O) groups is 1. The highest BCUT2D eigenvalue weighted by Gasteiger charge is 2.15. The zero-order valence-corrected chi connectivity index (χ0v) is 14.4. The van der Waals surface area contributed by atoms with E-state index in [1.807, 2.05) is 6.92 Å². The Morgan fingerprint density at radius 3 is 2.76 bits per heavy atom. The van der Waals surface area contributed by atoms with Gasteiger partial charge in [0.15, 0.2) is 6.10 Å². The summed E-state index contributed by atoms with van der Waals surface area (Å²) in [5, 5.41) is 15.2. The molecule has 25 heavy (non-hydrogen) atoms. The molecule has 8 heteroatoms. The first kappa shape index (κ1) is 18.4. The Bertz CT molecular complexity index is 823. The molecule has 1 unspecified atom stereocenters. The summed E-state index contributed by atoms with van der Waals surface area (Å²) in [4.78, 5) is 22.4. The second-order valence-corrected chi connectivity index (χ2v) is 5.66. The highest BCUT2D eigenvalue weighted by Crippen LogP contribution is 2.22. The van der Waals surface area contributed by atoms with Gasteiger partial charge in [0.2, 0.25) is 0 Å². The van der Waals surface area contributed by atoms with Crippen LogP contribution in [0.25, 0.3) is 0 Å². The summed E-state index contributed by atoms with van der Waals surface area (Å²) in [7, 11) is 0. The zero-order valence-electron chi connectivity index (χ0n) is 13.6. The Kier molecular flexibility index (Phi) is 6.08. The lowest BCUT2D eigenvalue weighted by atomic mass is 10.2. The van der Waals surface area contributed by atoms with Gasteiger partial charge in [-0.05, 0) is 43.7 Å². The third kappa shape index (κ3) is 5.02. The summed E-state index contributed by atoms with van der Waals surface area (Å²) in [6, 6.07) is 11.2. The van der Waals surface area contributed by atoms with Crippen LogP contribution >= 0.6 is 11.6 Å². The minimum Gasteiger partial charge on any atom is -0.481 e. The van der Waals surface area contributed by atoms with Gasteiger partial charge in [-0.15, -0.1) is 0 Å². The molecule has 2 aromatic carbocycles. The van der Waals surface area contributed by atoms with Crippen LogP contribution in [0.5, 0.6) is 5.75 Å². The summed E-state index contributed by atoms with van der Waals surface area (Å²) < 4.78 is 5.57. The van der Waals surface area contributed by atoms with Gasteiger partial charge in [-0.1, -0.05) is 23.7 Å². The lowest BCUT2D eigenvalue weighted by Crippen LogP contribution is -2.33. The number of nitrogens with one attached hydrogen (secondary N) is 1. The number of carbonyl (C=O) groups excluding carboxylic acids is 1. The first-order valence-electron chi connectivity index (χ1n) is 7.37. The number of nitro benzene ring substituents is 1. The fourth-order valence-corrected chi connectivity index (χ4v) is 2.23. The number of hydrogen-bond acceptors (Lipinski definition) is 5. The van der Waals surface area contributed by atoms with Gasteiger partial charge in [0.1, 0.15) is 5.75 Å². The maximum absolute atomic E-state index is 12.0. The number of aryl methyl sites for hydroxylation is 1. The summed E-state index contributed by atoms with van der Waals surface area (Å²) >= 11 is 5.88. The molecule has 0 saturated heterocycles. The number of halogens is 1. The van der Waals surface area contributed by atoms with Gasteiger partial charge in [0.05, 0.1) is 16.7 Å². The molecule has 0 heterocycles. The van der Waals surface area contributed by atoms with Gasteiger partial charge >= 0.3 is 0 Å². The number of ether oxygens (including phenoxy) is 1. The van der Waals surface area contributed by atoms with Crippen molar-refractivity contribution in [1.82, 2.24) is 5.43 Å². The molecule has 1 N–H and O–H groups in total. The number of nitrogens with zero attached hydrogens (tertiary/aromatic N) is 2. The number of hydrazone groups is 1. The standard InChI is InChI=1S/C17H16ClN3O4/c1-11-9-14(18)7-8-16(11)25-12(2)17(22)20-19-10-13-5-3-4-6-15(13)21(23)24/h3-10,12H,1-2H3,(H,20,22)/b19-10+. The van der Waals surface area contributed by atoms with Crippen molar-refractivity contribution in [2.45, 2.75) is 20.0 Å². The molecule has 1 atom stereocenters. The van der Waals surface area contributed by atoms with Crippen LogP contribution in [0.2, 0.25) is 5.02 Å². The number of rotatable bonds is 6. The van der Waals surface area contributed by atoms with Crippen LogP contribution in [0.4, 0.5) is 5.69 Å². The molecule has 0 aliphatic carbocycles. The Morgan fingerprint density at radius 2 is 2.08 bits per heavy atom. The average molecular weight is 362 g/mol. The summed E-state index contributed by atoms with van der Waals surface area (Å²) in [6.45, 7) is 3.39. The number of nitro groups is 1. The molecule has 130 valence electrons. The van der Waals surface area contributed by atoms with Crippen LogP contribution < -0.4 is 10.2 Å². The Morgan fingerprint density at radius 1 is 1.36 bits per heavy atom. The smallest absolute Gasteiger partial charge is 0.280 e. The molecule has 0 saturated carbocycles. The van der Waals surface area contributed by atoms with Gasteiger partial charge in [-0.2, -0.15) is 5.10 Å². The Labute approximate surface area is 149 Å². The molecular weight excluding hydrogens is 346 g/mol. The summed E-state index contributed by atoms with van der Waals surface area (Å²) in [6.07, 6.45) is 0.416. The SMILES string of the molecule is Cc1cc(Cl)ccc1OC(C)C(=O)N/N=C/c1ccccc1[N+](=O)[O-]. The fraction of sp³-hybridized carbons (Fsp3) is 0.176. The largest absolute Gasteiger partial charge is 0.481 e. The van der Waals surface area contributed by atoms with Gasteiger partial charge in [0, 0.05) is 11.1 Å². The van der Waals surface area contributed by atoms with Gasteiger partial charge in [-0.25, -0.2) is 5.43 Å². The van der Waals surface area contributed by atoms with E-state index in [1.165, 1.54) is 18.3 Å². The Balaban J connectivity index is 1.99. The lowest BCUT2D eigenvalue weighted by molar-refractivity contribution is -0.385. The van der Waals surface area contributed by atoms with E-state index in [0.29, 0.717) is 10.8 Å². The molecule has 0 spiro atoms. The Hall–Kier alpha value is -2.93. The zero-order chi connectivity index (χ0) is 18.4. The second kappa shape index (κ2) is 8.25. The lowest BCUT2D eigenvalue weighted by Gasteiger charge is -2.14. The predicted molar refractivity (Wildman–Crippen MR) is 95.1 cm³/mol. The minimum atomic E-state index is -0.803. The second-order valence-electron chi connectivity index (χ2n) is 5.22. The van der Waals surface area contributed by atoms with E-state index < -0.39 is 16.9 Å². The monoisotopic (exact) mass is 361 g/mol. The predicted octanol–water partition coefficient (Wildman–Crippen LogP) is 3.47. The number of benzene rings is 2. The molecule has 2 aromatic rings. The fourth-order valence-electron chi connectivity index (χ4n) is 2.01. The van der Waals surface area contributed by atoms with E-state index in [-0.39, 0.29) is 11.3 Å². The molecule has 0 bridgehead atoms. The first-order chi connectivity index (χ1) is 11.9. The van der Waals surface area contributed by atoms with Crippen molar-refractivity contribution in [3.63, 3.8) is 0 Å². The molecule has 2 rings (SSSR count). The first-order valence-corrected chi connectivity index (χ1v) is 7.75. The van der Waals surface area contributed by atoms with Gasteiger partial charge < -0.3 is 4.74 Å². The van der Waals surface area contributed by atoms with Crippen LogP contribution in [-0.4, -0.2) is 23.1 Å². The van der Waals surface area contributed by atoms with E-state index in [4.69, 9.17) is 16.3 Å². The maximum atomic E-state index is 12.0. The van der Waals surface area contributed by atoms with Crippen molar-refractivity contribution in [2.24, 2.45) is 5.10 Å². The van der Waals surface area contributed by atoms with Crippen LogP contribution in [0.1, 0.15) is 18.1 Å². The summed E-state index contributed by atoms with van der Waals surface area (Å²) in [5.74, 6) is 0.0545. The summed E-state index contributed by atoms with van der Waals surface area (Å²) in [5.41, 5.74) is 3.30.